The Kier molecular flexibility index (Phi) is 3.30. The lowest BCUT2D eigenvalue weighted by atomic mass is 10.2. The van der Waals surface area contributed by atoms with Crippen LogP contribution in [0, 0.1) is 11.3 Å². The molecular weight excluding hydrogens is 232 g/mol. The minimum atomic E-state index is -1.02. The van der Waals surface area contributed by atoms with E-state index in [1.54, 1.807) is 18.2 Å². The molecule has 0 amide bonds. The predicted molar refractivity (Wildman–Crippen MR) is 64.2 cm³/mol. The lowest BCUT2D eigenvalue weighted by molar-refractivity contribution is 0.0696. The molecule has 2 N–H and O–H groups in total. The van der Waals surface area contributed by atoms with Crippen molar-refractivity contribution in [3.63, 3.8) is 0 Å². The maximum absolute atomic E-state index is 10.7. The molecule has 90 valence electrons. The van der Waals surface area contributed by atoms with E-state index in [0.717, 1.165) is 5.69 Å². The average Bonchev–Trinajstić information content (AvgIpc) is 2.85. The number of rotatable bonds is 4. The van der Waals surface area contributed by atoms with Crippen LogP contribution < -0.4 is 5.32 Å². The van der Waals surface area contributed by atoms with E-state index in [4.69, 9.17) is 14.8 Å². The zero-order chi connectivity index (χ0) is 13.0. The predicted octanol–water partition coefficient (Wildman–Crippen LogP) is 2.46. The van der Waals surface area contributed by atoms with Crippen molar-refractivity contribution in [3.05, 3.63) is 53.5 Å². The van der Waals surface area contributed by atoms with Crippen LogP contribution in [0.1, 0.15) is 21.7 Å². The summed E-state index contributed by atoms with van der Waals surface area (Å²) in [6.07, 6.45) is 1.20. The third-order valence-electron chi connectivity index (χ3n) is 2.36. The number of aromatic carboxylic acids is 1. The van der Waals surface area contributed by atoms with Gasteiger partial charge in [0.1, 0.15) is 12.0 Å². The standard InChI is InChI=1S/C13H10N2O3/c14-6-9-2-1-3-11(4-9)15-7-12-5-10(8-18-12)13(16)17/h1-5,8,15H,7H2,(H,16,17). The van der Waals surface area contributed by atoms with E-state index in [2.05, 4.69) is 5.32 Å². The number of benzene rings is 1. The molecule has 0 bridgehead atoms. The van der Waals surface area contributed by atoms with Gasteiger partial charge in [-0.05, 0) is 24.3 Å². The molecule has 0 saturated carbocycles. The van der Waals surface area contributed by atoms with Crippen molar-refractivity contribution in [1.29, 1.82) is 5.26 Å². The zero-order valence-electron chi connectivity index (χ0n) is 9.38. The van der Waals surface area contributed by atoms with E-state index in [9.17, 15) is 4.79 Å². The van der Waals surface area contributed by atoms with Crippen LogP contribution in [0.3, 0.4) is 0 Å². The summed E-state index contributed by atoms with van der Waals surface area (Å²) in [6.45, 7) is 0.363. The van der Waals surface area contributed by atoms with Gasteiger partial charge in [0.05, 0.1) is 23.7 Å². The van der Waals surface area contributed by atoms with E-state index in [-0.39, 0.29) is 5.56 Å². The number of nitrogens with one attached hydrogen (secondary N) is 1. The topological polar surface area (TPSA) is 86.3 Å². The number of carboxylic acids is 1. The summed E-state index contributed by atoms with van der Waals surface area (Å²) >= 11 is 0. The summed E-state index contributed by atoms with van der Waals surface area (Å²) in [5, 5.41) is 20.5. The van der Waals surface area contributed by atoms with Gasteiger partial charge in [-0.15, -0.1) is 0 Å². The molecule has 18 heavy (non-hydrogen) atoms. The summed E-state index contributed by atoms with van der Waals surface area (Å²) < 4.78 is 5.10. The van der Waals surface area contributed by atoms with Gasteiger partial charge in [-0.3, -0.25) is 0 Å². The minimum Gasteiger partial charge on any atom is -0.478 e. The van der Waals surface area contributed by atoms with E-state index in [0.29, 0.717) is 17.9 Å². The monoisotopic (exact) mass is 242 g/mol. The fraction of sp³-hybridized carbons (Fsp3) is 0.0769. The van der Waals surface area contributed by atoms with Crippen LogP contribution in [0.5, 0.6) is 0 Å². The second-order valence-electron chi connectivity index (χ2n) is 3.65. The summed E-state index contributed by atoms with van der Waals surface area (Å²) in [5.41, 5.74) is 1.46. The Morgan fingerprint density at radius 1 is 1.44 bits per heavy atom. The lowest BCUT2D eigenvalue weighted by Crippen LogP contribution is -1.98. The Morgan fingerprint density at radius 3 is 2.94 bits per heavy atom. The van der Waals surface area contributed by atoms with Gasteiger partial charge < -0.3 is 14.8 Å². The SMILES string of the molecule is N#Cc1cccc(NCc2cc(C(=O)O)co2)c1. The molecule has 2 rings (SSSR count). The smallest absolute Gasteiger partial charge is 0.338 e. The first-order valence-corrected chi connectivity index (χ1v) is 5.24. The maximum Gasteiger partial charge on any atom is 0.338 e. The van der Waals surface area contributed by atoms with Gasteiger partial charge in [-0.25, -0.2) is 4.79 Å². The summed E-state index contributed by atoms with van der Waals surface area (Å²) in [4.78, 5) is 10.7. The van der Waals surface area contributed by atoms with Crippen molar-refractivity contribution in [2.45, 2.75) is 6.54 Å². The lowest BCUT2D eigenvalue weighted by Gasteiger charge is -2.03. The van der Waals surface area contributed by atoms with Crippen molar-refractivity contribution >= 4 is 11.7 Å². The Hall–Kier alpha value is -2.74. The Morgan fingerprint density at radius 2 is 2.28 bits per heavy atom. The van der Waals surface area contributed by atoms with Crippen molar-refractivity contribution in [2.24, 2.45) is 0 Å². The van der Waals surface area contributed by atoms with Gasteiger partial charge in [-0.1, -0.05) is 6.07 Å². The number of hydrogen-bond donors (Lipinski definition) is 2. The van der Waals surface area contributed by atoms with Crippen LogP contribution in [-0.4, -0.2) is 11.1 Å². The number of carbonyl (C=O) groups is 1. The van der Waals surface area contributed by atoms with Crippen molar-refractivity contribution in [1.82, 2.24) is 0 Å². The summed E-state index contributed by atoms with van der Waals surface area (Å²) in [6, 6.07) is 10.5. The summed E-state index contributed by atoms with van der Waals surface area (Å²) in [5.74, 6) is -0.494. The van der Waals surface area contributed by atoms with Crippen LogP contribution in [0.25, 0.3) is 0 Å². The zero-order valence-corrected chi connectivity index (χ0v) is 9.38. The molecule has 0 aliphatic heterocycles. The number of nitrogens with zero attached hydrogens (tertiary/aromatic N) is 1. The van der Waals surface area contributed by atoms with Crippen molar-refractivity contribution in [3.8, 4) is 6.07 Å². The van der Waals surface area contributed by atoms with Gasteiger partial charge in [-0.2, -0.15) is 5.26 Å². The molecular formula is C13H10N2O3. The molecule has 1 aromatic carbocycles. The largest absolute Gasteiger partial charge is 0.478 e. The Labute approximate surface area is 103 Å². The van der Waals surface area contributed by atoms with Crippen LogP contribution in [0.15, 0.2) is 41.0 Å². The summed E-state index contributed by atoms with van der Waals surface area (Å²) in [7, 11) is 0. The molecule has 0 atom stereocenters. The highest BCUT2D eigenvalue weighted by molar-refractivity contribution is 5.87. The Bertz CT molecular complexity index is 611. The van der Waals surface area contributed by atoms with Crippen molar-refractivity contribution in [2.75, 3.05) is 5.32 Å². The number of nitriles is 1. The fourth-order valence-corrected chi connectivity index (χ4v) is 1.47. The van der Waals surface area contributed by atoms with Gasteiger partial charge in [0.15, 0.2) is 0 Å². The third-order valence-corrected chi connectivity index (χ3v) is 2.36. The van der Waals surface area contributed by atoms with E-state index < -0.39 is 5.97 Å². The Balaban J connectivity index is 2.02. The second kappa shape index (κ2) is 5.06. The third kappa shape index (κ3) is 2.68. The minimum absolute atomic E-state index is 0.123. The van der Waals surface area contributed by atoms with Gasteiger partial charge in [0, 0.05) is 5.69 Å². The molecule has 0 saturated heterocycles. The van der Waals surface area contributed by atoms with E-state index in [1.165, 1.54) is 12.3 Å². The molecule has 0 aliphatic rings. The first-order valence-electron chi connectivity index (χ1n) is 5.24. The molecule has 5 heteroatoms. The van der Waals surface area contributed by atoms with E-state index >= 15 is 0 Å². The molecule has 0 aliphatic carbocycles. The van der Waals surface area contributed by atoms with Crippen LogP contribution in [0.4, 0.5) is 5.69 Å². The van der Waals surface area contributed by atoms with Crippen LogP contribution in [-0.2, 0) is 6.54 Å². The van der Waals surface area contributed by atoms with Gasteiger partial charge >= 0.3 is 5.97 Å². The molecule has 2 aromatic rings. The second-order valence-corrected chi connectivity index (χ2v) is 3.65. The molecule has 0 unspecified atom stereocenters. The first-order chi connectivity index (χ1) is 8.69. The number of carboxylic acid groups (broad SMARTS) is 1. The van der Waals surface area contributed by atoms with Gasteiger partial charge in [0.2, 0.25) is 0 Å². The van der Waals surface area contributed by atoms with E-state index in [1.807, 2.05) is 12.1 Å². The van der Waals surface area contributed by atoms with Crippen LogP contribution in [0.2, 0.25) is 0 Å². The quantitative estimate of drug-likeness (QED) is 0.860. The molecule has 5 nitrogen and oxygen atoms in total. The number of furan rings is 1. The van der Waals surface area contributed by atoms with Gasteiger partial charge in [0.25, 0.3) is 0 Å². The molecule has 0 fully saturated rings. The molecule has 1 aromatic heterocycles. The molecule has 0 radical (unpaired) electrons. The molecule has 0 spiro atoms. The number of anilines is 1. The highest BCUT2D eigenvalue weighted by Gasteiger charge is 2.07. The average molecular weight is 242 g/mol. The number of hydrogen-bond acceptors (Lipinski definition) is 4. The maximum atomic E-state index is 10.7. The molecule has 1 heterocycles. The highest BCUT2D eigenvalue weighted by Crippen LogP contribution is 2.13. The normalized spacial score (nSPS) is 9.72. The first kappa shape index (κ1) is 11.7. The highest BCUT2D eigenvalue weighted by atomic mass is 16.4. The van der Waals surface area contributed by atoms with Crippen LogP contribution >= 0.6 is 0 Å². The fourth-order valence-electron chi connectivity index (χ4n) is 1.47. The van der Waals surface area contributed by atoms with Crippen molar-refractivity contribution < 1.29 is 14.3 Å².